The summed E-state index contributed by atoms with van der Waals surface area (Å²) < 4.78 is 0. The highest BCUT2D eigenvalue weighted by atomic mass is 35.5. The first-order valence-electron chi connectivity index (χ1n) is 5.75. The van der Waals surface area contributed by atoms with Gasteiger partial charge < -0.3 is 5.32 Å². The second-order valence-corrected chi connectivity index (χ2v) is 5.49. The Morgan fingerprint density at radius 3 is 2.88 bits per heavy atom. The van der Waals surface area contributed by atoms with Crippen molar-refractivity contribution in [1.82, 2.24) is 5.32 Å². The molecule has 0 aliphatic heterocycles. The van der Waals surface area contributed by atoms with Crippen molar-refractivity contribution in [3.05, 3.63) is 33.5 Å². The van der Waals surface area contributed by atoms with Crippen LogP contribution in [0.3, 0.4) is 0 Å². The fraction of sp³-hybridized carbons (Fsp3) is 0.538. The third-order valence-corrected chi connectivity index (χ3v) is 3.93. The summed E-state index contributed by atoms with van der Waals surface area (Å²) in [5, 5.41) is 6.50. The van der Waals surface area contributed by atoms with Gasteiger partial charge in [-0.2, -0.15) is 0 Å². The second-order valence-electron chi connectivity index (χ2n) is 4.14. The number of allylic oxidation sites excluding steroid dienone is 1. The summed E-state index contributed by atoms with van der Waals surface area (Å²) in [7, 11) is 0. The average molecular weight is 258 g/mol. The largest absolute Gasteiger partial charge is 0.309 e. The Kier molecular flexibility index (Phi) is 6.10. The number of nitrogens with one attached hydrogen (secondary N) is 1. The minimum absolute atomic E-state index is 0.379. The van der Waals surface area contributed by atoms with Crippen LogP contribution in [0.25, 0.3) is 0 Å². The molecule has 0 fully saturated rings. The number of rotatable bonds is 7. The van der Waals surface area contributed by atoms with E-state index >= 15 is 0 Å². The second kappa shape index (κ2) is 7.10. The van der Waals surface area contributed by atoms with Crippen LogP contribution in [0.15, 0.2) is 23.6 Å². The van der Waals surface area contributed by atoms with E-state index in [0.29, 0.717) is 6.04 Å². The van der Waals surface area contributed by atoms with E-state index in [0.717, 1.165) is 30.8 Å². The molecule has 1 aromatic heterocycles. The van der Waals surface area contributed by atoms with Crippen LogP contribution in [0.4, 0.5) is 0 Å². The van der Waals surface area contributed by atoms with Crippen LogP contribution in [0.5, 0.6) is 0 Å². The normalized spacial score (nSPS) is 12.7. The van der Waals surface area contributed by atoms with Gasteiger partial charge in [-0.1, -0.05) is 24.1 Å². The Bertz CT molecular complexity index is 332. The summed E-state index contributed by atoms with van der Waals surface area (Å²) >= 11 is 7.91. The summed E-state index contributed by atoms with van der Waals surface area (Å²) in [5.41, 5.74) is 1.23. The molecule has 1 unspecified atom stereocenters. The minimum Gasteiger partial charge on any atom is -0.309 e. The molecule has 0 aliphatic carbocycles. The van der Waals surface area contributed by atoms with Crippen molar-refractivity contribution < 1.29 is 0 Å². The molecule has 90 valence electrons. The summed E-state index contributed by atoms with van der Waals surface area (Å²) in [6, 6.07) is 2.35. The lowest BCUT2D eigenvalue weighted by atomic mass is 10.1. The third kappa shape index (κ3) is 4.28. The van der Waals surface area contributed by atoms with Gasteiger partial charge in [0.05, 0.1) is 5.02 Å². The molecule has 0 aliphatic rings. The molecule has 3 heteroatoms. The van der Waals surface area contributed by atoms with Gasteiger partial charge in [-0.25, -0.2) is 0 Å². The molecule has 1 heterocycles. The molecule has 0 bridgehead atoms. The van der Waals surface area contributed by atoms with Crippen molar-refractivity contribution in [2.24, 2.45) is 0 Å². The molecule has 1 aromatic rings. The quantitative estimate of drug-likeness (QED) is 0.692. The molecule has 0 saturated heterocycles. The fourth-order valence-electron chi connectivity index (χ4n) is 1.59. The van der Waals surface area contributed by atoms with Crippen LogP contribution in [0, 0.1) is 0 Å². The number of hydrogen-bond acceptors (Lipinski definition) is 2. The van der Waals surface area contributed by atoms with Crippen LogP contribution in [-0.4, -0.2) is 6.54 Å². The molecular weight excluding hydrogens is 238 g/mol. The number of hydrogen-bond donors (Lipinski definition) is 1. The predicted octanol–water partition coefficient (Wildman–Crippen LogP) is 4.80. The zero-order valence-corrected chi connectivity index (χ0v) is 11.6. The van der Waals surface area contributed by atoms with E-state index in [2.05, 4.69) is 31.1 Å². The molecular formula is C13H20ClNS. The van der Waals surface area contributed by atoms with Gasteiger partial charge in [-0.15, -0.1) is 17.9 Å². The van der Waals surface area contributed by atoms with Gasteiger partial charge in [0.15, 0.2) is 0 Å². The van der Waals surface area contributed by atoms with Crippen molar-refractivity contribution >= 4 is 22.9 Å². The first kappa shape index (κ1) is 13.8. The summed E-state index contributed by atoms with van der Waals surface area (Å²) in [5.74, 6) is 0. The van der Waals surface area contributed by atoms with Gasteiger partial charge in [0.2, 0.25) is 0 Å². The summed E-state index contributed by atoms with van der Waals surface area (Å²) in [6.45, 7) is 9.25. The van der Waals surface area contributed by atoms with Crippen LogP contribution in [-0.2, 0) is 0 Å². The first-order chi connectivity index (χ1) is 7.65. The van der Waals surface area contributed by atoms with Gasteiger partial charge in [-0.05, 0) is 44.2 Å². The third-order valence-electron chi connectivity index (χ3n) is 2.46. The van der Waals surface area contributed by atoms with Crippen LogP contribution in [0.2, 0.25) is 5.02 Å². The highest BCUT2D eigenvalue weighted by Crippen LogP contribution is 2.31. The van der Waals surface area contributed by atoms with E-state index in [1.807, 2.05) is 6.07 Å². The van der Waals surface area contributed by atoms with E-state index in [4.69, 9.17) is 11.6 Å². The maximum absolute atomic E-state index is 6.18. The van der Waals surface area contributed by atoms with Crippen LogP contribution in [0.1, 0.15) is 44.0 Å². The van der Waals surface area contributed by atoms with Crippen molar-refractivity contribution in [2.75, 3.05) is 6.54 Å². The smallest absolute Gasteiger partial charge is 0.0561 e. The molecule has 0 spiro atoms. The topological polar surface area (TPSA) is 12.0 Å². The van der Waals surface area contributed by atoms with Crippen molar-refractivity contribution in [3.63, 3.8) is 0 Å². The Morgan fingerprint density at radius 2 is 2.38 bits per heavy atom. The van der Waals surface area contributed by atoms with E-state index < -0.39 is 0 Å². The number of halogens is 1. The molecule has 0 radical (unpaired) electrons. The molecule has 0 amide bonds. The molecule has 16 heavy (non-hydrogen) atoms. The highest BCUT2D eigenvalue weighted by molar-refractivity contribution is 7.10. The van der Waals surface area contributed by atoms with Crippen molar-refractivity contribution in [3.8, 4) is 0 Å². The Hall–Kier alpha value is -0.310. The van der Waals surface area contributed by atoms with E-state index in [9.17, 15) is 0 Å². The fourth-order valence-corrected chi connectivity index (χ4v) is 2.89. The minimum atomic E-state index is 0.379. The Balaban J connectivity index is 2.63. The van der Waals surface area contributed by atoms with Gasteiger partial charge in [0.1, 0.15) is 0 Å². The monoisotopic (exact) mass is 257 g/mol. The first-order valence-corrected chi connectivity index (χ1v) is 7.01. The molecule has 1 nitrogen and oxygen atoms in total. The van der Waals surface area contributed by atoms with Gasteiger partial charge >= 0.3 is 0 Å². The van der Waals surface area contributed by atoms with E-state index in [1.54, 1.807) is 11.3 Å². The average Bonchev–Trinajstić information content (AvgIpc) is 2.65. The lowest BCUT2D eigenvalue weighted by Gasteiger charge is -2.17. The van der Waals surface area contributed by atoms with E-state index in [1.165, 1.54) is 10.5 Å². The van der Waals surface area contributed by atoms with E-state index in [-0.39, 0.29) is 0 Å². The summed E-state index contributed by atoms with van der Waals surface area (Å²) in [4.78, 5) is 1.26. The summed E-state index contributed by atoms with van der Waals surface area (Å²) in [6.07, 6.45) is 3.28. The van der Waals surface area contributed by atoms with Crippen LogP contribution >= 0.6 is 22.9 Å². The molecule has 1 atom stereocenters. The molecule has 0 aromatic carbocycles. The van der Waals surface area contributed by atoms with Crippen molar-refractivity contribution in [2.45, 2.75) is 39.2 Å². The van der Waals surface area contributed by atoms with Crippen LogP contribution < -0.4 is 5.32 Å². The highest BCUT2D eigenvalue weighted by Gasteiger charge is 2.14. The maximum atomic E-state index is 6.18. The number of thiophene rings is 1. The maximum Gasteiger partial charge on any atom is 0.0561 e. The molecule has 0 saturated carbocycles. The lowest BCUT2D eigenvalue weighted by Crippen LogP contribution is -2.21. The zero-order chi connectivity index (χ0) is 12.0. The van der Waals surface area contributed by atoms with Gasteiger partial charge in [-0.3, -0.25) is 0 Å². The van der Waals surface area contributed by atoms with Crippen molar-refractivity contribution in [1.29, 1.82) is 0 Å². The SMILES string of the molecule is C=C(C)CCC(NCCC)c1sccc1Cl. The standard InChI is InChI=1S/C13H20ClNS/c1-4-8-15-12(6-5-10(2)3)13-11(14)7-9-16-13/h7,9,12,15H,2,4-6,8H2,1,3H3. The molecule has 1 rings (SSSR count). The predicted molar refractivity (Wildman–Crippen MR) is 74.4 cm³/mol. The zero-order valence-electron chi connectivity index (χ0n) is 10.1. The van der Waals surface area contributed by atoms with Gasteiger partial charge in [0, 0.05) is 10.9 Å². The Labute approximate surface area is 108 Å². The Morgan fingerprint density at radius 1 is 1.62 bits per heavy atom. The molecule has 1 N–H and O–H groups in total. The lowest BCUT2D eigenvalue weighted by molar-refractivity contribution is 0.505. The van der Waals surface area contributed by atoms with Gasteiger partial charge in [0.25, 0.3) is 0 Å².